The van der Waals surface area contributed by atoms with Crippen LogP contribution in [0.1, 0.15) is 33.6 Å². The van der Waals surface area contributed by atoms with Gasteiger partial charge in [0.2, 0.25) is 0 Å². The van der Waals surface area contributed by atoms with E-state index < -0.39 is 0 Å². The summed E-state index contributed by atoms with van der Waals surface area (Å²) in [5, 5.41) is 11.0. The van der Waals surface area contributed by atoms with Crippen molar-refractivity contribution in [1.29, 1.82) is 0 Å². The first-order valence-corrected chi connectivity index (χ1v) is 16.6. The Balaban J connectivity index is 1.19. The fraction of sp³-hybridized carbons (Fsp3) is 0.158. The normalized spacial score (nSPS) is 12.1. The van der Waals surface area contributed by atoms with Crippen LogP contribution < -0.4 is 16.4 Å². The second-order valence-electron chi connectivity index (χ2n) is 11.4. The van der Waals surface area contributed by atoms with Gasteiger partial charge in [-0.1, -0.05) is 83.9 Å². The van der Waals surface area contributed by atoms with Crippen LogP contribution in [0.4, 0.5) is 0 Å². The van der Waals surface area contributed by atoms with Crippen molar-refractivity contribution in [2.75, 3.05) is 26.2 Å². The molecule has 0 fully saturated rings. The molecule has 6 aromatic rings. The van der Waals surface area contributed by atoms with Crippen LogP contribution in [0.5, 0.6) is 0 Å². The predicted octanol–water partition coefficient (Wildman–Crippen LogP) is 6.53. The maximum absolute atomic E-state index is 13.7. The molecule has 0 bridgehead atoms. The highest BCUT2D eigenvalue weighted by molar-refractivity contribution is 6.30. The van der Waals surface area contributed by atoms with E-state index >= 15 is 0 Å². The van der Waals surface area contributed by atoms with Gasteiger partial charge in [-0.15, -0.1) is 0 Å². The van der Waals surface area contributed by atoms with Crippen molar-refractivity contribution in [3.05, 3.63) is 174 Å². The van der Waals surface area contributed by atoms with Gasteiger partial charge < -0.3 is 5.32 Å². The van der Waals surface area contributed by atoms with E-state index in [0.717, 1.165) is 11.1 Å². The fourth-order valence-corrected chi connectivity index (χ4v) is 5.89. The summed E-state index contributed by atoms with van der Waals surface area (Å²) in [6.07, 6.45) is 0. The first-order chi connectivity index (χ1) is 23.8. The van der Waals surface area contributed by atoms with E-state index in [1.54, 1.807) is 48.5 Å². The Hall–Kier alpha value is -5.22. The van der Waals surface area contributed by atoms with Gasteiger partial charge in [-0.05, 0) is 62.4 Å². The molecule has 2 aromatic heterocycles. The molecule has 9 nitrogen and oxygen atoms in total. The Bertz CT molecular complexity index is 2050. The van der Waals surface area contributed by atoms with Crippen molar-refractivity contribution < 1.29 is 0 Å². The number of aryl methyl sites for hydroxylation is 2. The lowest BCUT2D eigenvalue weighted by atomic mass is 10.0. The zero-order valence-corrected chi connectivity index (χ0v) is 28.6. The molecule has 0 radical (unpaired) electrons. The fourth-order valence-electron chi connectivity index (χ4n) is 5.63. The number of aliphatic imine (C=N–C) groups is 2. The van der Waals surface area contributed by atoms with Gasteiger partial charge >= 0.3 is 0 Å². The largest absolute Gasteiger partial charge is 0.313 e. The van der Waals surface area contributed by atoms with Gasteiger partial charge in [0, 0.05) is 45.6 Å². The number of nitrogens with zero attached hydrogens (tertiary/aromatic N) is 4. The summed E-state index contributed by atoms with van der Waals surface area (Å²) in [6, 6.07) is 33.6. The third-order valence-electron chi connectivity index (χ3n) is 8.00. The third kappa shape index (κ3) is 7.60. The number of H-pyrrole nitrogens is 2. The van der Waals surface area contributed by atoms with Crippen LogP contribution in [-0.2, 0) is 0 Å². The molecule has 0 spiro atoms. The van der Waals surface area contributed by atoms with Crippen LogP contribution in [0.2, 0.25) is 10.0 Å². The molecule has 6 rings (SSSR count). The van der Waals surface area contributed by atoms with Crippen LogP contribution in [0, 0.1) is 13.8 Å². The molecular formula is C38H35Cl2N7O2. The molecule has 0 saturated heterocycles. The quantitative estimate of drug-likeness (QED) is 0.100. The average Bonchev–Trinajstić information content (AvgIpc) is 3.58. The van der Waals surface area contributed by atoms with Crippen LogP contribution in [0.15, 0.2) is 129 Å². The summed E-state index contributed by atoms with van der Waals surface area (Å²) in [5.74, 6) is 0. The Kier molecular flexibility index (Phi) is 10.5. The van der Waals surface area contributed by atoms with Gasteiger partial charge in [-0.2, -0.15) is 0 Å². The topological polar surface area (TPSA) is 112 Å². The minimum absolute atomic E-state index is 0.187. The molecule has 0 aliphatic carbocycles. The van der Waals surface area contributed by atoms with Gasteiger partial charge in [0.05, 0.1) is 47.0 Å². The molecule has 0 aliphatic rings. The first-order valence-electron chi connectivity index (χ1n) is 15.9. The van der Waals surface area contributed by atoms with Crippen LogP contribution in [-0.4, -0.2) is 57.2 Å². The number of aromatic amines is 2. The highest BCUT2D eigenvalue weighted by atomic mass is 35.5. The second kappa shape index (κ2) is 15.3. The van der Waals surface area contributed by atoms with E-state index in [9.17, 15) is 9.59 Å². The van der Waals surface area contributed by atoms with E-state index in [4.69, 9.17) is 33.2 Å². The van der Waals surface area contributed by atoms with E-state index in [2.05, 4.69) is 15.5 Å². The second-order valence-corrected chi connectivity index (χ2v) is 12.3. The van der Waals surface area contributed by atoms with Gasteiger partial charge in [-0.3, -0.25) is 29.8 Å². The summed E-state index contributed by atoms with van der Waals surface area (Å²) in [6.45, 7) is 5.75. The number of halogens is 2. The smallest absolute Gasteiger partial charge is 0.280 e. The lowest BCUT2D eigenvalue weighted by Gasteiger charge is -2.08. The Morgan fingerprint density at radius 3 is 1.33 bits per heavy atom. The monoisotopic (exact) mass is 691 g/mol. The van der Waals surface area contributed by atoms with Crippen molar-refractivity contribution in [2.45, 2.75) is 13.8 Å². The third-order valence-corrected chi connectivity index (χ3v) is 8.50. The minimum atomic E-state index is -0.187. The Morgan fingerprint density at radius 2 is 0.959 bits per heavy atom. The standard InChI is InChI=1S/C38H35Cl2N7O2/c1-25-33(37(48)46(44-25)31-17-13-29(39)14-18-31)35(27-9-5-3-6-10-27)42-23-21-41-22-24-43-36(28-11-7-4-8-12-28)34-26(2)45-47(38(34)49)32-19-15-30(40)16-20-32/h3-20,41,44-45H,21-24H2,1-2H3. The van der Waals surface area contributed by atoms with Crippen molar-refractivity contribution in [2.24, 2.45) is 9.98 Å². The Labute approximate surface area is 293 Å². The van der Waals surface area contributed by atoms with Gasteiger partial charge in [0.1, 0.15) is 0 Å². The van der Waals surface area contributed by atoms with Gasteiger partial charge in [0.15, 0.2) is 0 Å². The summed E-state index contributed by atoms with van der Waals surface area (Å²) in [5.41, 5.74) is 6.43. The molecule has 49 heavy (non-hydrogen) atoms. The summed E-state index contributed by atoms with van der Waals surface area (Å²) >= 11 is 12.1. The number of hydrogen-bond acceptors (Lipinski definition) is 5. The molecule has 248 valence electrons. The highest BCUT2D eigenvalue weighted by Gasteiger charge is 2.20. The molecule has 2 heterocycles. The average molecular weight is 693 g/mol. The van der Waals surface area contributed by atoms with Gasteiger partial charge in [0.25, 0.3) is 11.1 Å². The maximum Gasteiger partial charge on any atom is 0.280 e. The van der Waals surface area contributed by atoms with Crippen LogP contribution in [0.25, 0.3) is 11.4 Å². The van der Waals surface area contributed by atoms with Crippen molar-refractivity contribution in [3.63, 3.8) is 0 Å². The number of aromatic nitrogens is 4. The zero-order valence-electron chi connectivity index (χ0n) is 27.1. The summed E-state index contributed by atoms with van der Waals surface area (Å²) in [4.78, 5) is 37.1. The SMILES string of the molecule is Cc1[nH]n(-c2ccc(Cl)cc2)c(=O)c1C(=NCCNCCN=C(c1ccccc1)c1c(C)[nH]n(-c2ccc(Cl)cc2)c1=O)c1ccccc1. The molecule has 0 aliphatic heterocycles. The van der Waals surface area contributed by atoms with Crippen molar-refractivity contribution in [3.8, 4) is 11.4 Å². The number of nitrogens with one attached hydrogen (secondary N) is 3. The van der Waals surface area contributed by atoms with E-state index in [-0.39, 0.29) is 11.1 Å². The zero-order chi connectivity index (χ0) is 34.3. The molecule has 0 atom stereocenters. The number of hydrogen-bond donors (Lipinski definition) is 3. The Morgan fingerprint density at radius 1 is 0.592 bits per heavy atom. The molecule has 4 aromatic carbocycles. The summed E-state index contributed by atoms with van der Waals surface area (Å²) < 4.78 is 3.02. The van der Waals surface area contributed by atoms with Crippen molar-refractivity contribution >= 4 is 34.6 Å². The predicted molar refractivity (Wildman–Crippen MR) is 199 cm³/mol. The lowest BCUT2D eigenvalue weighted by molar-refractivity contribution is 0.697. The summed E-state index contributed by atoms with van der Waals surface area (Å²) in [7, 11) is 0. The highest BCUT2D eigenvalue weighted by Crippen LogP contribution is 2.17. The molecule has 0 unspecified atom stereocenters. The molecule has 3 N–H and O–H groups in total. The molecule has 0 amide bonds. The maximum atomic E-state index is 13.7. The molecule has 11 heteroatoms. The van der Waals surface area contributed by atoms with E-state index in [0.29, 0.717) is 81.5 Å². The van der Waals surface area contributed by atoms with E-state index in [1.807, 2.05) is 74.5 Å². The number of benzene rings is 4. The van der Waals surface area contributed by atoms with Crippen LogP contribution >= 0.6 is 23.2 Å². The van der Waals surface area contributed by atoms with Crippen molar-refractivity contribution in [1.82, 2.24) is 24.9 Å². The van der Waals surface area contributed by atoms with Gasteiger partial charge in [-0.25, -0.2) is 9.36 Å². The number of rotatable bonds is 12. The first kappa shape index (κ1) is 33.7. The lowest BCUT2D eigenvalue weighted by Crippen LogP contribution is -2.25. The minimum Gasteiger partial charge on any atom is -0.313 e. The van der Waals surface area contributed by atoms with E-state index in [1.165, 1.54) is 9.36 Å². The molecular weight excluding hydrogens is 657 g/mol. The molecule has 0 saturated carbocycles. The van der Waals surface area contributed by atoms with Crippen LogP contribution in [0.3, 0.4) is 0 Å².